The van der Waals surface area contributed by atoms with E-state index < -0.39 is 0 Å². The highest BCUT2D eigenvalue weighted by molar-refractivity contribution is 7.15. The Kier molecular flexibility index (Phi) is 2.51. The van der Waals surface area contributed by atoms with Gasteiger partial charge in [0.15, 0.2) is 0 Å². The molecule has 0 aliphatic heterocycles. The van der Waals surface area contributed by atoms with E-state index in [0.717, 1.165) is 10.4 Å². The van der Waals surface area contributed by atoms with E-state index in [0.29, 0.717) is 0 Å². The Labute approximate surface area is 91.1 Å². The summed E-state index contributed by atoms with van der Waals surface area (Å²) in [4.78, 5) is 12.5. The average Bonchev–Trinajstić information content (AvgIpc) is 2.65. The van der Waals surface area contributed by atoms with Gasteiger partial charge in [-0.05, 0) is 36.8 Å². The van der Waals surface area contributed by atoms with Crippen molar-refractivity contribution in [1.29, 1.82) is 0 Å². The molecule has 0 atom stereocenters. The average molecular weight is 219 g/mol. The van der Waals surface area contributed by atoms with E-state index in [1.54, 1.807) is 23.5 Å². The lowest BCUT2D eigenvalue weighted by Crippen LogP contribution is -1.86. The maximum Gasteiger partial charge on any atom is 0.269 e. The number of rotatable bonds is 2. The molecule has 0 unspecified atom stereocenters. The molecule has 0 aliphatic carbocycles. The third kappa shape index (κ3) is 2.05. The smallest absolute Gasteiger partial charge is 0.258 e. The zero-order valence-corrected chi connectivity index (χ0v) is 8.95. The standard InChI is InChI=1S/C11H9NO2S/c1-8-2-7-11(15-8)9-3-5-10(6-4-9)12(13)14/h2-7H,1H3. The van der Waals surface area contributed by atoms with Gasteiger partial charge >= 0.3 is 0 Å². The number of nitrogens with zero attached hydrogens (tertiary/aromatic N) is 1. The van der Waals surface area contributed by atoms with Crippen LogP contribution in [0.4, 0.5) is 5.69 Å². The van der Waals surface area contributed by atoms with Crippen LogP contribution < -0.4 is 0 Å². The van der Waals surface area contributed by atoms with Gasteiger partial charge in [0, 0.05) is 21.9 Å². The summed E-state index contributed by atoms with van der Waals surface area (Å²) in [7, 11) is 0. The lowest BCUT2D eigenvalue weighted by molar-refractivity contribution is -0.384. The van der Waals surface area contributed by atoms with Gasteiger partial charge in [-0.3, -0.25) is 10.1 Å². The van der Waals surface area contributed by atoms with Gasteiger partial charge in [-0.2, -0.15) is 0 Å². The topological polar surface area (TPSA) is 43.1 Å². The molecule has 0 saturated carbocycles. The van der Waals surface area contributed by atoms with Gasteiger partial charge in [0.1, 0.15) is 0 Å². The Balaban J connectivity index is 2.35. The van der Waals surface area contributed by atoms with Crippen LogP contribution in [0.2, 0.25) is 0 Å². The van der Waals surface area contributed by atoms with Gasteiger partial charge < -0.3 is 0 Å². The Morgan fingerprint density at radius 2 is 1.80 bits per heavy atom. The Hall–Kier alpha value is -1.68. The number of benzene rings is 1. The van der Waals surface area contributed by atoms with Crippen molar-refractivity contribution in [3.63, 3.8) is 0 Å². The predicted octanol–water partition coefficient (Wildman–Crippen LogP) is 3.63. The van der Waals surface area contributed by atoms with Gasteiger partial charge in [-0.1, -0.05) is 0 Å². The van der Waals surface area contributed by atoms with Crippen molar-refractivity contribution in [1.82, 2.24) is 0 Å². The third-order valence-electron chi connectivity index (χ3n) is 2.10. The van der Waals surface area contributed by atoms with Crippen molar-refractivity contribution in [3.8, 4) is 10.4 Å². The first-order valence-corrected chi connectivity index (χ1v) is 5.30. The molecule has 0 bridgehead atoms. The van der Waals surface area contributed by atoms with Crippen LogP contribution in [0.15, 0.2) is 36.4 Å². The molecule has 2 rings (SSSR count). The van der Waals surface area contributed by atoms with Gasteiger partial charge in [-0.25, -0.2) is 0 Å². The summed E-state index contributed by atoms with van der Waals surface area (Å²) in [6, 6.07) is 10.7. The Morgan fingerprint density at radius 1 is 1.13 bits per heavy atom. The van der Waals surface area contributed by atoms with Crippen molar-refractivity contribution in [3.05, 3.63) is 51.4 Å². The number of thiophene rings is 1. The second kappa shape index (κ2) is 3.82. The van der Waals surface area contributed by atoms with E-state index in [4.69, 9.17) is 0 Å². The summed E-state index contributed by atoms with van der Waals surface area (Å²) in [5.74, 6) is 0. The van der Waals surface area contributed by atoms with Crippen LogP contribution in [-0.4, -0.2) is 4.92 Å². The molecule has 0 N–H and O–H groups in total. The highest BCUT2D eigenvalue weighted by Crippen LogP contribution is 2.28. The van der Waals surface area contributed by atoms with Crippen molar-refractivity contribution in [2.24, 2.45) is 0 Å². The summed E-state index contributed by atoms with van der Waals surface area (Å²) >= 11 is 1.69. The molecule has 76 valence electrons. The highest BCUT2D eigenvalue weighted by atomic mass is 32.1. The molecule has 15 heavy (non-hydrogen) atoms. The molecular formula is C11H9NO2S. The van der Waals surface area contributed by atoms with Gasteiger partial charge in [0.05, 0.1) is 4.92 Å². The van der Waals surface area contributed by atoms with E-state index in [-0.39, 0.29) is 10.6 Å². The molecule has 1 heterocycles. The van der Waals surface area contributed by atoms with Crippen LogP contribution >= 0.6 is 11.3 Å². The molecule has 0 aliphatic rings. The fourth-order valence-corrected chi connectivity index (χ4v) is 2.21. The molecule has 0 radical (unpaired) electrons. The molecule has 3 nitrogen and oxygen atoms in total. The summed E-state index contributed by atoms with van der Waals surface area (Å²) in [6.07, 6.45) is 0. The van der Waals surface area contributed by atoms with Crippen LogP contribution in [0.1, 0.15) is 4.88 Å². The molecule has 0 amide bonds. The fourth-order valence-electron chi connectivity index (χ4n) is 1.34. The number of hydrogen-bond donors (Lipinski definition) is 0. The number of nitro benzene ring substituents is 1. The minimum absolute atomic E-state index is 0.132. The minimum Gasteiger partial charge on any atom is -0.258 e. The van der Waals surface area contributed by atoms with Crippen LogP contribution in [-0.2, 0) is 0 Å². The van der Waals surface area contributed by atoms with E-state index >= 15 is 0 Å². The largest absolute Gasteiger partial charge is 0.269 e. The van der Waals surface area contributed by atoms with Gasteiger partial charge in [-0.15, -0.1) is 11.3 Å². The maximum atomic E-state index is 10.5. The first kappa shape index (κ1) is 9.86. The summed E-state index contributed by atoms with van der Waals surface area (Å²) in [6.45, 7) is 2.04. The predicted molar refractivity (Wildman–Crippen MR) is 61.1 cm³/mol. The molecular weight excluding hydrogens is 210 g/mol. The number of non-ortho nitro benzene ring substituents is 1. The summed E-state index contributed by atoms with van der Waals surface area (Å²) in [5.41, 5.74) is 1.16. The molecule has 2 aromatic rings. The van der Waals surface area contributed by atoms with Gasteiger partial charge in [0.2, 0.25) is 0 Å². The van der Waals surface area contributed by atoms with E-state index in [1.165, 1.54) is 17.0 Å². The third-order valence-corrected chi connectivity index (χ3v) is 3.15. The van der Waals surface area contributed by atoms with Crippen molar-refractivity contribution in [2.45, 2.75) is 6.92 Å². The molecule has 1 aromatic heterocycles. The number of nitro groups is 1. The van der Waals surface area contributed by atoms with Crippen molar-refractivity contribution >= 4 is 17.0 Å². The number of hydrogen-bond acceptors (Lipinski definition) is 3. The van der Waals surface area contributed by atoms with E-state index in [9.17, 15) is 10.1 Å². The quantitative estimate of drug-likeness (QED) is 0.571. The highest BCUT2D eigenvalue weighted by Gasteiger charge is 2.05. The monoisotopic (exact) mass is 219 g/mol. The molecule has 0 fully saturated rings. The van der Waals surface area contributed by atoms with Crippen molar-refractivity contribution in [2.75, 3.05) is 0 Å². The van der Waals surface area contributed by atoms with Crippen molar-refractivity contribution < 1.29 is 4.92 Å². The molecule has 0 spiro atoms. The fraction of sp³-hybridized carbons (Fsp3) is 0.0909. The van der Waals surface area contributed by atoms with E-state index in [1.807, 2.05) is 19.1 Å². The first-order chi connectivity index (χ1) is 7.16. The Morgan fingerprint density at radius 3 is 2.27 bits per heavy atom. The molecule has 1 aromatic carbocycles. The summed E-state index contributed by atoms with van der Waals surface area (Å²) in [5, 5.41) is 10.5. The number of aryl methyl sites for hydroxylation is 1. The molecule has 0 saturated heterocycles. The van der Waals surface area contributed by atoms with E-state index in [2.05, 4.69) is 0 Å². The normalized spacial score (nSPS) is 10.2. The second-order valence-corrected chi connectivity index (χ2v) is 4.50. The zero-order chi connectivity index (χ0) is 10.8. The van der Waals surface area contributed by atoms with Crippen LogP contribution in [0.3, 0.4) is 0 Å². The minimum atomic E-state index is -0.385. The molecule has 4 heteroatoms. The van der Waals surface area contributed by atoms with Crippen LogP contribution in [0, 0.1) is 17.0 Å². The Bertz CT molecular complexity index is 488. The zero-order valence-electron chi connectivity index (χ0n) is 8.14. The van der Waals surface area contributed by atoms with Gasteiger partial charge in [0.25, 0.3) is 5.69 Å². The maximum absolute atomic E-state index is 10.5. The second-order valence-electron chi connectivity index (χ2n) is 3.21. The lowest BCUT2D eigenvalue weighted by atomic mass is 10.2. The van der Waals surface area contributed by atoms with Crippen LogP contribution in [0.5, 0.6) is 0 Å². The first-order valence-electron chi connectivity index (χ1n) is 4.48. The summed E-state index contributed by atoms with van der Waals surface area (Å²) < 4.78 is 0. The van der Waals surface area contributed by atoms with Crippen LogP contribution in [0.25, 0.3) is 10.4 Å². The lowest BCUT2D eigenvalue weighted by Gasteiger charge is -1.96. The SMILES string of the molecule is Cc1ccc(-c2ccc([N+](=O)[O-])cc2)s1.